The topological polar surface area (TPSA) is 44.1 Å². The van der Waals surface area contributed by atoms with Gasteiger partial charge in [-0.15, -0.1) is 11.8 Å². The minimum absolute atomic E-state index is 0.0645. The lowest BCUT2D eigenvalue weighted by atomic mass is 10.1. The maximum absolute atomic E-state index is 13.0. The Balaban J connectivity index is 1.82. The van der Waals surface area contributed by atoms with Gasteiger partial charge in [0.2, 0.25) is 5.91 Å². The molecule has 0 N–H and O–H groups in total. The third kappa shape index (κ3) is 2.97. The standard InChI is InChI=1S/C17H13FN2OS/c18-15-7-3-13(4-8-15)10-20-16(21)11-22-17(20)14-5-1-12(9-19)2-6-14/h1-8,17H,10-11H2. The van der Waals surface area contributed by atoms with E-state index in [4.69, 9.17) is 5.26 Å². The Labute approximate surface area is 132 Å². The van der Waals surface area contributed by atoms with Crippen molar-refractivity contribution < 1.29 is 9.18 Å². The summed E-state index contributed by atoms with van der Waals surface area (Å²) in [5.74, 6) is 0.226. The van der Waals surface area contributed by atoms with E-state index in [1.165, 1.54) is 12.1 Å². The number of benzene rings is 2. The van der Waals surface area contributed by atoms with Crippen molar-refractivity contribution in [2.75, 3.05) is 5.75 Å². The molecule has 0 spiro atoms. The van der Waals surface area contributed by atoms with Crippen molar-refractivity contribution in [2.24, 2.45) is 0 Å². The van der Waals surface area contributed by atoms with Crippen molar-refractivity contribution in [3.63, 3.8) is 0 Å². The molecule has 2 aromatic carbocycles. The average Bonchev–Trinajstić information content (AvgIpc) is 2.91. The predicted molar refractivity (Wildman–Crippen MR) is 83.3 cm³/mol. The third-order valence-corrected chi connectivity index (χ3v) is 4.82. The molecule has 0 aromatic heterocycles. The second-order valence-electron chi connectivity index (χ2n) is 5.05. The molecule has 1 aliphatic rings. The zero-order chi connectivity index (χ0) is 15.5. The quantitative estimate of drug-likeness (QED) is 0.871. The molecule has 3 rings (SSSR count). The number of thioether (sulfide) groups is 1. The molecule has 0 saturated carbocycles. The molecule has 1 atom stereocenters. The van der Waals surface area contributed by atoms with E-state index in [9.17, 15) is 9.18 Å². The smallest absolute Gasteiger partial charge is 0.234 e. The van der Waals surface area contributed by atoms with Crippen molar-refractivity contribution >= 4 is 17.7 Å². The Morgan fingerprint density at radius 3 is 2.50 bits per heavy atom. The van der Waals surface area contributed by atoms with Crippen molar-refractivity contribution in [3.8, 4) is 6.07 Å². The van der Waals surface area contributed by atoms with Crippen LogP contribution in [0.5, 0.6) is 0 Å². The molecule has 22 heavy (non-hydrogen) atoms. The third-order valence-electron chi connectivity index (χ3n) is 3.56. The van der Waals surface area contributed by atoms with Crippen LogP contribution < -0.4 is 0 Å². The van der Waals surface area contributed by atoms with Crippen LogP contribution in [-0.4, -0.2) is 16.6 Å². The van der Waals surface area contributed by atoms with Gasteiger partial charge in [0.1, 0.15) is 11.2 Å². The zero-order valence-corrected chi connectivity index (χ0v) is 12.5. The monoisotopic (exact) mass is 312 g/mol. The number of carbonyl (C=O) groups is 1. The summed E-state index contributed by atoms with van der Waals surface area (Å²) in [6, 6.07) is 15.6. The van der Waals surface area contributed by atoms with E-state index in [-0.39, 0.29) is 17.1 Å². The van der Waals surface area contributed by atoms with Crippen LogP contribution in [0.25, 0.3) is 0 Å². The van der Waals surface area contributed by atoms with Crippen LogP contribution in [0.1, 0.15) is 22.1 Å². The second kappa shape index (κ2) is 6.20. The van der Waals surface area contributed by atoms with Gasteiger partial charge >= 0.3 is 0 Å². The van der Waals surface area contributed by atoms with Gasteiger partial charge < -0.3 is 4.90 Å². The van der Waals surface area contributed by atoms with Crippen LogP contribution in [0.15, 0.2) is 48.5 Å². The van der Waals surface area contributed by atoms with Crippen LogP contribution in [0.2, 0.25) is 0 Å². The second-order valence-corrected chi connectivity index (χ2v) is 6.11. The fraction of sp³-hybridized carbons (Fsp3) is 0.176. The highest BCUT2D eigenvalue weighted by Crippen LogP contribution is 2.39. The number of carbonyl (C=O) groups excluding carboxylic acids is 1. The van der Waals surface area contributed by atoms with Crippen molar-refractivity contribution in [1.29, 1.82) is 5.26 Å². The van der Waals surface area contributed by atoms with E-state index in [0.29, 0.717) is 17.9 Å². The van der Waals surface area contributed by atoms with E-state index in [2.05, 4.69) is 6.07 Å². The number of nitriles is 1. The highest BCUT2D eigenvalue weighted by Gasteiger charge is 2.32. The molecular formula is C17H13FN2OS. The molecular weight excluding hydrogens is 299 g/mol. The summed E-state index contributed by atoms with van der Waals surface area (Å²) in [7, 11) is 0. The van der Waals surface area contributed by atoms with E-state index in [1.807, 2.05) is 12.1 Å². The Morgan fingerprint density at radius 2 is 1.86 bits per heavy atom. The van der Waals surface area contributed by atoms with E-state index >= 15 is 0 Å². The van der Waals surface area contributed by atoms with Crippen LogP contribution in [-0.2, 0) is 11.3 Å². The summed E-state index contributed by atoms with van der Waals surface area (Å²) in [5, 5.41) is 8.79. The first-order chi connectivity index (χ1) is 10.7. The molecule has 2 aromatic rings. The van der Waals surface area contributed by atoms with Gasteiger partial charge in [-0.1, -0.05) is 24.3 Å². The van der Waals surface area contributed by atoms with Gasteiger partial charge in [-0.2, -0.15) is 5.26 Å². The van der Waals surface area contributed by atoms with Crippen LogP contribution in [0.4, 0.5) is 4.39 Å². The Hall–Kier alpha value is -2.32. The summed E-state index contributed by atoms with van der Waals surface area (Å²) in [5.41, 5.74) is 2.50. The van der Waals surface area contributed by atoms with Crippen molar-refractivity contribution in [2.45, 2.75) is 11.9 Å². The molecule has 1 unspecified atom stereocenters. The molecule has 1 heterocycles. The van der Waals surface area contributed by atoms with Gasteiger partial charge in [-0.25, -0.2) is 4.39 Å². The van der Waals surface area contributed by atoms with Gasteiger partial charge in [-0.05, 0) is 35.4 Å². The molecule has 1 saturated heterocycles. The van der Waals surface area contributed by atoms with Crippen molar-refractivity contribution in [3.05, 3.63) is 71.0 Å². The number of amides is 1. The number of nitrogens with zero attached hydrogens (tertiary/aromatic N) is 2. The zero-order valence-electron chi connectivity index (χ0n) is 11.7. The fourth-order valence-electron chi connectivity index (χ4n) is 2.41. The normalized spacial score (nSPS) is 17.5. The van der Waals surface area contributed by atoms with Gasteiger partial charge in [0.15, 0.2) is 0 Å². The number of rotatable bonds is 3. The Kier molecular flexibility index (Phi) is 4.12. The summed E-state index contributed by atoms with van der Waals surface area (Å²) < 4.78 is 13.0. The molecule has 1 amide bonds. The lowest BCUT2D eigenvalue weighted by Crippen LogP contribution is -2.27. The van der Waals surface area contributed by atoms with Gasteiger partial charge in [0.05, 0.1) is 17.4 Å². The maximum atomic E-state index is 13.0. The molecule has 0 radical (unpaired) electrons. The Morgan fingerprint density at radius 1 is 1.18 bits per heavy atom. The lowest BCUT2D eigenvalue weighted by Gasteiger charge is -2.24. The number of hydrogen-bond donors (Lipinski definition) is 0. The van der Waals surface area contributed by atoms with E-state index in [0.717, 1.165) is 11.1 Å². The summed E-state index contributed by atoms with van der Waals surface area (Å²) >= 11 is 1.57. The van der Waals surface area contributed by atoms with Gasteiger partial charge in [0, 0.05) is 6.54 Å². The first-order valence-corrected chi connectivity index (χ1v) is 7.88. The lowest BCUT2D eigenvalue weighted by molar-refractivity contribution is -0.128. The minimum atomic E-state index is -0.283. The first-order valence-electron chi connectivity index (χ1n) is 6.83. The maximum Gasteiger partial charge on any atom is 0.234 e. The van der Waals surface area contributed by atoms with E-state index < -0.39 is 0 Å². The largest absolute Gasteiger partial charge is 0.322 e. The van der Waals surface area contributed by atoms with Crippen LogP contribution in [0.3, 0.4) is 0 Å². The SMILES string of the molecule is N#Cc1ccc(C2SCC(=O)N2Cc2ccc(F)cc2)cc1. The minimum Gasteiger partial charge on any atom is -0.322 e. The molecule has 3 nitrogen and oxygen atoms in total. The summed E-state index contributed by atoms with van der Waals surface area (Å²) in [6.07, 6.45) is 0. The first kappa shape index (κ1) is 14.6. The molecule has 0 bridgehead atoms. The van der Waals surface area contributed by atoms with Crippen LogP contribution in [0, 0.1) is 17.1 Å². The summed E-state index contributed by atoms with van der Waals surface area (Å²) in [4.78, 5) is 13.9. The van der Waals surface area contributed by atoms with Crippen LogP contribution >= 0.6 is 11.8 Å². The molecule has 1 aliphatic heterocycles. The number of halogens is 1. The van der Waals surface area contributed by atoms with E-state index in [1.54, 1.807) is 40.9 Å². The molecule has 110 valence electrons. The molecule has 1 fully saturated rings. The predicted octanol–water partition coefficient (Wildman–Crippen LogP) is 3.47. The highest BCUT2D eigenvalue weighted by molar-refractivity contribution is 8.00. The highest BCUT2D eigenvalue weighted by atomic mass is 32.2. The van der Waals surface area contributed by atoms with Gasteiger partial charge in [-0.3, -0.25) is 4.79 Å². The fourth-order valence-corrected chi connectivity index (χ4v) is 3.60. The summed E-state index contributed by atoms with van der Waals surface area (Å²) in [6.45, 7) is 0.455. The van der Waals surface area contributed by atoms with Gasteiger partial charge in [0.25, 0.3) is 0 Å². The molecule has 5 heteroatoms. The Bertz CT molecular complexity index is 722. The van der Waals surface area contributed by atoms with Crippen molar-refractivity contribution in [1.82, 2.24) is 4.90 Å². The molecule has 0 aliphatic carbocycles. The number of hydrogen-bond acceptors (Lipinski definition) is 3. The average molecular weight is 312 g/mol.